The number of hydrogen-bond donors (Lipinski definition) is 1. The molecule has 0 amide bonds. The molecule has 0 rings (SSSR count). The lowest BCUT2D eigenvalue weighted by atomic mass is 10.0. The van der Waals surface area contributed by atoms with Gasteiger partial charge in [0, 0.05) is 13.0 Å². The number of esters is 1. The molecule has 1 N–H and O–H groups in total. The fourth-order valence-electron chi connectivity index (χ4n) is 8.32. The van der Waals surface area contributed by atoms with Crippen molar-refractivity contribution in [3.63, 3.8) is 0 Å². The number of quaternary nitrogens is 1. The van der Waals surface area contributed by atoms with Crippen LogP contribution >= 0.6 is 7.82 Å². The summed E-state index contributed by atoms with van der Waals surface area (Å²) >= 11 is 0. The summed E-state index contributed by atoms with van der Waals surface area (Å²) < 4.78 is 35.3. The molecular formula is C64H117NO7P+. The molecule has 0 bridgehead atoms. The summed E-state index contributed by atoms with van der Waals surface area (Å²) in [6.45, 7) is 5.50. The molecule has 0 aliphatic carbocycles. The van der Waals surface area contributed by atoms with Gasteiger partial charge >= 0.3 is 13.8 Å². The number of carbonyl (C=O) groups excluding carboxylic acids is 1. The summed E-state index contributed by atoms with van der Waals surface area (Å²) in [6.07, 6.45) is 76.5. The molecule has 0 aliphatic heterocycles. The van der Waals surface area contributed by atoms with Gasteiger partial charge in [-0.15, -0.1) is 0 Å². The molecule has 9 heteroatoms. The minimum absolute atomic E-state index is 0.0830. The number of rotatable bonds is 56. The lowest BCUT2D eigenvalue weighted by molar-refractivity contribution is -0.870. The van der Waals surface area contributed by atoms with E-state index >= 15 is 0 Å². The standard InChI is InChI=1S/C64H116NO7P/c1-6-8-10-12-14-16-18-20-22-24-26-28-30-32-34-36-38-40-42-44-46-48-50-52-54-56-59-69-61-63(62-71-73(67,68)70-60-58-65(3,4)5)72-64(66)57-55-53-51-49-47-45-43-41-39-37-35-33-31-29-27-25-23-21-19-17-15-13-11-9-7-2/h8,10,14,16,20,22,25-28,32,34,38,40,63H,6-7,9,11-13,15,17-19,21,23-24,29-31,33,35-37,39,41-62H2,1-5H3/p+1/b10-8-,16-14-,22-20-,27-25-,28-26-,34-32-,40-38-. The highest BCUT2D eigenvalue weighted by atomic mass is 31.2. The molecule has 0 heterocycles. The summed E-state index contributed by atoms with van der Waals surface area (Å²) in [5, 5.41) is 0. The minimum atomic E-state index is -4.30. The maximum Gasteiger partial charge on any atom is 0.472 e. The number of hydrogen-bond acceptors (Lipinski definition) is 6. The molecule has 0 aliphatic rings. The number of carbonyl (C=O) groups is 1. The van der Waals surface area contributed by atoms with Crippen LogP contribution < -0.4 is 0 Å². The van der Waals surface area contributed by atoms with Crippen molar-refractivity contribution in [1.82, 2.24) is 0 Å². The van der Waals surface area contributed by atoms with Crippen LogP contribution in [0.2, 0.25) is 0 Å². The van der Waals surface area contributed by atoms with E-state index in [0.717, 1.165) is 77.0 Å². The van der Waals surface area contributed by atoms with Crippen molar-refractivity contribution in [2.75, 3.05) is 54.1 Å². The number of allylic oxidation sites excluding steroid dienone is 14. The van der Waals surface area contributed by atoms with Gasteiger partial charge in [-0.3, -0.25) is 13.8 Å². The van der Waals surface area contributed by atoms with E-state index in [-0.39, 0.29) is 25.8 Å². The summed E-state index contributed by atoms with van der Waals surface area (Å²) in [4.78, 5) is 23.1. The predicted molar refractivity (Wildman–Crippen MR) is 316 cm³/mol. The molecule has 0 aromatic heterocycles. The Morgan fingerprint density at radius 1 is 0.438 bits per heavy atom. The van der Waals surface area contributed by atoms with Crippen LogP contribution in [0.5, 0.6) is 0 Å². The van der Waals surface area contributed by atoms with Crippen LogP contribution in [0.4, 0.5) is 0 Å². The van der Waals surface area contributed by atoms with E-state index in [1.54, 1.807) is 0 Å². The first-order valence-corrected chi connectivity index (χ1v) is 31.8. The van der Waals surface area contributed by atoms with E-state index in [1.165, 1.54) is 161 Å². The van der Waals surface area contributed by atoms with Crippen molar-refractivity contribution < 1.29 is 37.3 Å². The predicted octanol–water partition coefficient (Wildman–Crippen LogP) is 19.5. The fourth-order valence-corrected chi connectivity index (χ4v) is 9.06. The molecule has 73 heavy (non-hydrogen) atoms. The van der Waals surface area contributed by atoms with Gasteiger partial charge in [-0.25, -0.2) is 4.57 Å². The zero-order chi connectivity index (χ0) is 53.3. The van der Waals surface area contributed by atoms with Gasteiger partial charge in [0.1, 0.15) is 19.3 Å². The molecule has 0 aromatic rings. The number of ether oxygens (including phenoxy) is 2. The zero-order valence-electron chi connectivity index (χ0n) is 48.4. The number of unbranched alkanes of at least 4 members (excludes halogenated alkanes) is 28. The summed E-state index contributed by atoms with van der Waals surface area (Å²) in [5.74, 6) is -0.317. The van der Waals surface area contributed by atoms with E-state index in [0.29, 0.717) is 24.1 Å². The fraction of sp³-hybridized carbons (Fsp3) is 0.766. The molecule has 8 nitrogen and oxygen atoms in total. The molecule has 424 valence electrons. The first-order valence-electron chi connectivity index (χ1n) is 30.3. The molecule has 0 radical (unpaired) electrons. The average Bonchev–Trinajstić information content (AvgIpc) is 3.35. The topological polar surface area (TPSA) is 91.3 Å². The van der Waals surface area contributed by atoms with Gasteiger partial charge in [0.2, 0.25) is 0 Å². The molecule has 0 saturated heterocycles. The first kappa shape index (κ1) is 70.7. The van der Waals surface area contributed by atoms with Gasteiger partial charge in [-0.1, -0.05) is 247 Å². The first-order chi connectivity index (χ1) is 35.6. The second-order valence-electron chi connectivity index (χ2n) is 21.3. The molecule has 0 saturated carbocycles. The highest BCUT2D eigenvalue weighted by Crippen LogP contribution is 2.43. The van der Waals surface area contributed by atoms with Crippen molar-refractivity contribution >= 4 is 13.8 Å². The van der Waals surface area contributed by atoms with E-state index in [4.69, 9.17) is 18.5 Å². The lowest BCUT2D eigenvalue weighted by Gasteiger charge is -2.24. The normalized spacial score (nSPS) is 14.0. The number of phosphoric ester groups is 1. The smallest absolute Gasteiger partial charge is 0.457 e. The Morgan fingerprint density at radius 3 is 1.21 bits per heavy atom. The lowest BCUT2D eigenvalue weighted by Crippen LogP contribution is -2.37. The van der Waals surface area contributed by atoms with Crippen LogP contribution in [0.1, 0.15) is 258 Å². The molecular weight excluding hydrogens is 926 g/mol. The van der Waals surface area contributed by atoms with Crippen molar-refractivity contribution in [3.8, 4) is 0 Å². The number of likely N-dealkylation sites (N-methyl/N-ethyl adjacent to an activating group) is 1. The van der Waals surface area contributed by atoms with E-state index in [9.17, 15) is 14.3 Å². The van der Waals surface area contributed by atoms with Crippen molar-refractivity contribution in [2.45, 2.75) is 264 Å². The monoisotopic (exact) mass is 1040 g/mol. The second kappa shape index (κ2) is 55.9. The molecule has 2 unspecified atom stereocenters. The van der Waals surface area contributed by atoms with Crippen molar-refractivity contribution in [2.24, 2.45) is 0 Å². The molecule has 0 aromatic carbocycles. The Kier molecular flexibility index (Phi) is 54.1. The second-order valence-corrected chi connectivity index (χ2v) is 22.8. The third-order valence-corrected chi connectivity index (χ3v) is 13.9. The van der Waals surface area contributed by atoms with Crippen molar-refractivity contribution in [1.29, 1.82) is 0 Å². The Morgan fingerprint density at radius 2 is 0.795 bits per heavy atom. The number of nitrogens with zero attached hydrogens (tertiary/aromatic N) is 1. The summed E-state index contributed by atoms with van der Waals surface area (Å²) in [6, 6.07) is 0. The zero-order valence-corrected chi connectivity index (χ0v) is 49.3. The third-order valence-electron chi connectivity index (χ3n) is 12.9. The van der Waals surface area contributed by atoms with Crippen LogP contribution in [0.3, 0.4) is 0 Å². The van der Waals surface area contributed by atoms with Gasteiger partial charge in [0.15, 0.2) is 0 Å². The minimum Gasteiger partial charge on any atom is -0.457 e. The third kappa shape index (κ3) is 60.4. The van der Waals surface area contributed by atoms with E-state index < -0.39 is 13.9 Å². The van der Waals surface area contributed by atoms with Crippen LogP contribution in [0.15, 0.2) is 85.1 Å². The van der Waals surface area contributed by atoms with Gasteiger partial charge in [-0.2, -0.15) is 0 Å². The van der Waals surface area contributed by atoms with Crippen LogP contribution in [-0.4, -0.2) is 75.6 Å². The maximum absolute atomic E-state index is 12.8. The van der Waals surface area contributed by atoms with Gasteiger partial charge in [-0.05, 0) is 89.9 Å². The van der Waals surface area contributed by atoms with Crippen LogP contribution in [0, 0.1) is 0 Å². The van der Waals surface area contributed by atoms with Gasteiger partial charge < -0.3 is 18.9 Å². The van der Waals surface area contributed by atoms with Crippen LogP contribution in [0.25, 0.3) is 0 Å². The Balaban J connectivity index is 4.09. The maximum atomic E-state index is 12.8. The molecule has 0 spiro atoms. The van der Waals surface area contributed by atoms with E-state index in [2.05, 4.69) is 98.9 Å². The summed E-state index contributed by atoms with van der Waals surface area (Å²) in [5.41, 5.74) is 0. The van der Waals surface area contributed by atoms with Gasteiger partial charge in [0.05, 0.1) is 34.4 Å². The average molecular weight is 1040 g/mol. The quantitative estimate of drug-likeness (QED) is 0.0213. The largest absolute Gasteiger partial charge is 0.472 e. The van der Waals surface area contributed by atoms with Crippen LogP contribution in [-0.2, 0) is 27.9 Å². The SMILES string of the molecule is CC/C=C\C/C=C\C/C=C\C/C=C\C/C=C\C/C=C\CCCCCCCCCOCC(COP(=O)(O)OCC[N+](C)(C)C)OC(=O)CCCCCCCCCCCCCCC/C=C\CCCCCCCCCC. The summed E-state index contributed by atoms with van der Waals surface area (Å²) in [7, 11) is 1.66. The Bertz CT molecular complexity index is 1440. The molecule has 0 fully saturated rings. The van der Waals surface area contributed by atoms with Gasteiger partial charge in [0.25, 0.3) is 0 Å². The number of phosphoric acid groups is 1. The molecule has 2 atom stereocenters. The highest BCUT2D eigenvalue weighted by Gasteiger charge is 2.26. The van der Waals surface area contributed by atoms with E-state index in [1.807, 2.05) is 21.1 Å². The van der Waals surface area contributed by atoms with Crippen molar-refractivity contribution in [3.05, 3.63) is 85.1 Å². The highest BCUT2D eigenvalue weighted by molar-refractivity contribution is 7.47. The Hall–Kier alpha value is -2.32. The Labute approximate surface area is 452 Å².